The first-order valence-corrected chi connectivity index (χ1v) is 10.2. The minimum atomic E-state index is -0.334. The first-order chi connectivity index (χ1) is 14.2. The Labute approximate surface area is 174 Å². The molecule has 1 heterocycles. The van der Waals surface area contributed by atoms with E-state index in [0.29, 0.717) is 12.2 Å². The molecule has 1 N–H and O–H groups in total. The fourth-order valence-corrected chi connectivity index (χ4v) is 3.06. The van der Waals surface area contributed by atoms with Crippen LogP contribution in [0.2, 0.25) is 0 Å². The van der Waals surface area contributed by atoms with Crippen molar-refractivity contribution in [2.45, 2.75) is 11.5 Å². The smallest absolute Gasteiger partial charge is 0.276 e. The van der Waals surface area contributed by atoms with E-state index in [2.05, 4.69) is 21.4 Å². The Kier molecular flexibility index (Phi) is 7.44. The second-order valence-corrected chi connectivity index (χ2v) is 7.00. The summed E-state index contributed by atoms with van der Waals surface area (Å²) < 4.78 is 6.04. The number of carbonyl (C=O) groups excluding carboxylic acids is 1. The quantitative estimate of drug-likeness (QED) is 0.428. The molecule has 2 aromatic carbocycles. The Morgan fingerprint density at radius 3 is 2.62 bits per heavy atom. The lowest BCUT2D eigenvalue weighted by molar-refractivity contribution is 0.0537. The second-order valence-electron chi connectivity index (χ2n) is 6.12. The molecule has 148 valence electrons. The highest BCUT2D eigenvalue weighted by Gasteiger charge is 2.06. The van der Waals surface area contributed by atoms with E-state index in [-0.39, 0.29) is 5.91 Å². The maximum atomic E-state index is 11.7. The lowest BCUT2D eigenvalue weighted by Gasteiger charge is -2.11. The van der Waals surface area contributed by atoms with Gasteiger partial charge in [-0.05, 0) is 54.3 Å². The van der Waals surface area contributed by atoms with Crippen molar-refractivity contribution < 1.29 is 14.4 Å². The monoisotopic (exact) mass is 406 g/mol. The molecule has 0 spiro atoms. The number of hydrogen-bond acceptors (Lipinski definition) is 5. The molecule has 29 heavy (non-hydrogen) atoms. The van der Waals surface area contributed by atoms with Gasteiger partial charge in [0.1, 0.15) is 12.4 Å². The van der Waals surface area contributed by atoms with E-state index in [1.165, 1.54) is 13.3 Å². The van der Waals surface area contributed by atoms with Gasteiger partial charge in [-0.2, -0.15) is 0 Å². The number of hydrogen-bond donors (Lipinski definition) is 1. The summed E-state index contributed by atoms with van der Waals surface area (Å²) in [6.45, 7) is 0.502. The maximum absolute atomic E-state index is 11.7. The number of pyridine rings is 1. The summed E-state index contributed by atoms with van der Waals surface area (Å²) in [6, 6.07) is 19.7. The predicted octanol–water partition coefficient (Wildman–Crippen LogP) is 4.84. The van der Waals surface area contributed by atoms with E-state index < -0.39 is 0 Å². The van der Waals surface area contributed by atoms with Gasteiger partial charge >= 0.3 is 0 Å². The summed E-state index contributed by atoms with van der Waals surface area (Å²) in [5.41, 5.74) is 5.52. The largest absolute Gasteiger partial charge is 0.488 e. The summed E-state index contributed by atoms with van der Waals surface area (Å²) >= 11 is 1.68. The van der Waals surface area contributed by atoms with Gasteiger partial charge in [-0.15, -0.1) is 11.8 Å². The van der Waals surface area contributed by atoms with Crippen LogP contribution < -0.4 is 10.2 Å². The van der Waals surface area contributed by atoms with Gasteiger partial charge in [0.05, 0.1) is 18.4 Å². The molecule has 0 aliphatic rings. The zero-order chi connectivity index (χ0) is 20.5. The number of thioether (sulfide) groups is 1. The molecule has 1 aromatic heterocycles. The van der Waals surface area contributed by atoms with Crippen molar-refractivity contribution in [3.8, 4) is 5.75 Å². The topological polar surface area (TPSA) is 60.5 Å². The van der Waals surface area contributed by atoms with Crippen LogP contribution in [0.15, 0.2) is 71.8 Å². The zero-order valence-corrected chi connectivity index (χ0v) is 17.1. The van der Waals surface area contributed by atoms with Crippen molar-refractivity contribution in [2.24, 2.45) is 0 Å². The first kappa shape index (κ1) is 20.6. The molecule has 0 unspecified atom stereocenters. The summed E-state index contributed by atoms with van der Waals surface area (Å²) in [5.74, 6) is 0.471. The Morgan fingerprint density at radius 1 is 1.10 bits per heavy atom. The van der Waals surface area contributed by atoms with Crippen LogP contribution in [0.25, 0.3) is 12.2 Å². The van der Waals surface area contributed by atoms with Crippen LogP contribution in [0.4, 0.5) is 0 Å². The third kappa shape index (κ3) is 5.94. The van der Waals surface area contributed by atoms with Crippen molar-refractivity contribution in [1.29, 1.82) is 0 Å². The highest BCUT2D eigenvalue weighted by molar-refractivity contribution is 7.98. The molecule has 0 atom stereocenters. The molecular formula is C23H22N2O3S. The number of hydroxylamine groups is 1. The van der Waals surface area contributed by atoms with Crippen LogP contribution in [0.5, 0.6) is 5.75 Å². The van der Waals surface area contributed by atoms with Crippen LogP contribution >= 0.6 is 11.8 Å². The van der Waals surface area contributed by atoms with Gasteiger partial charge in [-0.3, -0.25) is 14.6 Å². The minimum Gasteiger partial charge on any atom is -0.488 e. The molecule has 3 aromatic rings. The van der Waals surface area contributed by atoms with Gasteiger partial charge in [0.2, 0.25) is 0 Å². The number of ether oxygens (including phenoxy) is 1. The molecule has 5 nitrogen and oxygen atoms in total. The Bertz CT molecular complexity index is 973. The number of aromatic nitrogens is 1. The number of benzene rings is 2. The van der Waals surface area contributed by atoms with Crippen LogP contribution in [0.3, 0.4) is 0 Å². The molecule has 6 heteroatoms. The molecule has 0 fully saturated rings. The SMILES string of the molecule is CONC(=O)c1ccc(/C=C/c2cc(SC)ccc2OCc2ccccc2)nc1. The van der Waals surface area contributed by atoms with E-state index in [1.807, 2.05) is 60.9 Å². The van der Waals surface area contributed by atoms with Crippen molar-refractivity contribution in [3.05, 3.63) is 89.2 Å². The van der Waals surface area contributed by atoms with Gasteiger partial charge in [-0.1, -0.05) is 30.3 Å². The summed E-state index contributed by atoms with van der Waals surface area (Å²) in [4.78, 5) is 21.8. The number of rotatable bonds is 8. The van der Waals surface area contributed by atoms with Gasteiger partial charge in [0.15, 0.2) is 0 Å². The van der Waals surface area contributed by atoms with E-state index in [0.717, 1.165) is 27.5 Å². The fourth-order valence-electron chi connectivity index (χ4n) is 2.62. The number of nitrogens with one attached hydrogen (secondary N) is 1. The Balaban J connectivity index is 1.76. The minimum absolute atomic E-state index is 0.334. The van der Waals surface area contributed by atoms with Crippen molar-refractivity contribution in [1.82, 2.24) is 10.5 Å². The van der Waals surface area contributed by atoms with Gasteiger partial charge in [-0.25, -0.2) is 5.48 Å². The number of amides is 1. The molecule has 0 saturated carbocycles. The highest BCUT2D eigenvalue weighted by Crippen LogP contribution is 2.27. The average molecular weight is 407 g/mol. The van der Waals surface area contributed by atoms with Gasteiger partial charge in [0.25, 0.3) is 5.91 Å². The number of carbonyl (C=O) groups is 1. The van der Waals surface area contributed by atoms with Crippen LogP contribution in [0, 0.1) is 0 Å². The van der Waals surface area contributed by atoms with Crippen LogP contribution in [-0.4, -0.2) is 24.3 Å². The molecule has 3 rings (SSSR count). The molecule has 0 aliphatic heterocycles. The zero-order valence-electron chi connectivity index (χ0n) is 16.3. The lowest BCUT2D eigenvalue weighted by atomic mass is 10.1. The summed E-state index contributed by atoms with van der Waals surface area (Å²) in [5, 5.41) is 0. The third-order valence-electron chi connectivity index (χ3n) is 4.13. The fraction of sp³-hybridized carbons (Fsp3) is 0.130. The van der Waals surface area contributed by atoms with Crippen molar-refractivity contribution in [2.75, 3.05) is 13.4 Å². The Morgan fingerprint density at radius 2 is 1.93 bits per heavy atom. The predicted molar refractivity (Wildman–Crippen MR) is 117 cm³/mol. The summed E-state index contributed by atoms with van der Waals surface area (Å²) in [7, 11) is 1.39. The maximum Gasteiger partial charge on any atom is 0.276 e. The standard InChI is InChI=1S/C23H22N2O3S/c1-27-25-23(26)19-9-11-20(24-15-19)10-8-18-14-21(29-2)12-13-22(18)28-16-17-6-4-3-5-7-17/h3-15H,16H2,1-2H3,(H,25,26)/b10-8+. The second kappa shape index (κ2) is 10.5. The van der Waals surface area contributed by atoms with E-state index in [1.54, 1.807) is 23.9 Å². The molecule has 0 radical (unpaired) electrons. The van der Waals surface area contributed by atoms with E-state index in [9.17, 15) is 4.79 Å². The van der Waals surface area contributed by atoms with Crippen molar-refractivity contribution in [3.63, 3.8) is 0 Å². The average Bonchev–Trinajstić information content (AvgIpc) is 2.77. The molecule has 0 bridgehead atoms. The molecule has 0 aliphatic carbocycles. The van der Waals surface area contributed by atoms with Gasteiger partial charge in [0, 0.05) is 16.7 Å². The molecular weight excluding hydrogens is 384 g/mol. The third-order valence-corrected chi connectivity index (χ3v) is 4.86. The highest BCUT2D eigenvalue weighted by atomic mass is 32.2. The van der Waals surface area contributed by atoms with Gasteiger partial charge < -0.3 is 4.74 Å². The number of nitrogens with zero attached hydrogens (tertiary/aromatic N) is 1. The normalized spacial score (nSPS) is 10.8. The van der Waals surface area contributed by atoms with Crippen molar-refractivity contribution >= 4 is 29.8 Å². The van der Waals surface area contributed by atoms with E-state index >= 15 is 0 Å². The lowest BCUT2D eigenvalue weighted by Crippen LogP contribution is -2.21. The summed E-state index contributed by atoms with van der Waals surface area (Å²) in [6.07, 6.45) is 7.42. The molecule has 0 saturated heterocycles. The van der Waals surface area contributed by atoms with Crippen LogP contribution in [-0.2, 0) is 11.4 Å². The Hall–Kier alpha value is -3.09. The molecule has 1 amide bonds. The van der Waals surface area contributed by atoms with Crippen LogP contribution in [0.1, 0.15) is 27.2 Å². The van der Waals surface area contributed by atoms with E-state index in [4.69, 9.17) is 4.74 Å². The first-order valence-electron chi connectivity index (χ1n) is 9.02.